The number of fused-ring (bicyclic) bond motifs is 3. The van der Waals surface area contributed by atoms with Crippen LogP contribution in [0.5, 0.6) is 0 Å². The van der Waals surface area contributed by atoms with Crippen LogP contribution in [-0.4, -0.2) is 68.8 Å². The van der Waals surface area contributed by atoms with Crippen molar-refractivity contribution in [2.45, 2.75) is 25.1 Å². The lowest BCUT2D eigenvalue weighted by atomic mass is 10.1. The highest BCUT2D eigenvalue weighted by molar-refractivity contribution is 7.90. The molecule has 6 heteroatoms. The van der Waals surface area contributed by atoms with Crippen molar-refractivity contribution in [3.05, 3.63) is 0 Å². The quantitative estimate of drug-likeness (QED) is 0.715. The fourth-order valence-electron chi connectivity index (χ4n) is 2.30. The third-order valence-corrected chi connectivity index (χ3v) is 5.34. The third-order valence-electron chi connectivity index (χ3n) is 3.53. The molecule has 0 amide bonds. The zero-order valence-electron chi connectivity index (χ0n) is 10.0. The summed E-state index contributed by atoms with van der Waals surface area (Å²) in [6.45, 7) is 9.39. The Morgan fingerprint density at radius 1 is 1.25 bits per heavy atom. The Morgan fingerprint density at radius 3 is 2.31 bits per heavy atom. The van der Waals surface area contributed by atoms with Crippen LogP contribution in [-0.2, 0) is 10.0 Å². The van der Waals surface area contributed by atoms with Gasteiger partial charge in [-0.3, -0.25) is 9.80 Å². The maximum absolute atomic E-state index is 11.6. The topological polar surface area (TPSA) is 52.7 Å². The minimum atomic E-state index is -3.11. The van der Waals surface area contributed by atoms with Crippen molar-refractivity contribution in [2.24, 2.45) is 0 Å². The van der Waals surface area contributed by atoms with Gasteiger partial charge < -0.3 is 0 Å². The van der Waals surface area contributed by atoms with Gasteiger partial charge in [0.25, 0.3) is 0 Å². The minimum absolute atomic E-state index is 0.344. The van der Waals surface area contributed by atoms with E-state index in [9.17, 15) is 8.42 Å². The van der Waals surface area contributed by atoms with Crippen molar-refractivity contribution in [3.8, 4) is 0 Å². The smallest absolute Gasteiger partial charge is 0.213 e. The Kier molecular flexibility index (Phi) is 3.53. The molecule has 16 heavy (non-hydrogen) atoms. The summed E-state index contributed by atoms with van der Waals surface area (Å²) in [7, 11) is -3.11. The van der Waals surface area contributed by atoms with Crippen LogP contribution < -0.4 is 4.72 Å². The standard InChI is InChI=1S/C10H21N3O2S/c1-9(2)16(14,15)11-7-10-8-12-3-5-13(10)6-4-12/h9-11H,3-8H2,1-2H3. The lowest BCUT2D eigenvalue weighted by Gasteiger charge is -2.47. The summed E-state index contributed by atoms with van der Waals surface area (Å²) >= 11 is 0. The second-order valence-corrected chi connectivity index (χ2v) is 7.25. The van der Waals surface area contributed by atoms with E-state index < -0.39 is 10.0 Å². The summed E-state index contributed by atoms with van der Waals surface area (Å²) in [5, 5.41) is -0.344. The summed E-state index contributed by atoms with van der Waals surface area (Å²) in [6, 6.07) is 0.357. The van der Waals surface area contributed by atoms with Crippen LogP contribution in [0.3, 0.4) is 0 Å². The number of hydrogen-bond donors (Lipinski definition) is 1. The van der Waals surface area contributed by atoms with Gasteiger partial charge in [-0.25, -0.2) is 13.1 Å². The summed E-state index contributed by atoms with van der Waals surface area (Å²) in [4.78, 5) is 4.80. The van der Waals surface area contributed by atoms with Crippen molar-refractivity contribution in [3.63, 3.8) is 0 Å². The molecule has 0 aromatic rings. The molecule has 0 saturated carbocycles. The van der Waals surface area contributed by atoms with Gasteiger partial charge >= 0.3 is 0 Å². The van der Waals surface area contributed by atoms with Crippen LogP contribution in [0.15, 0.2) is 0 Å². The zero-order valence-corrected chi connectivity index (χ0v) is 10.8. The predicted octanol–water partition coefficient (Wildman–Crippen LogP) is -0.686. The Bertz CT molecular complexity index is 334. The van der Waals surface area contributed by atoms with Crippen molar-refractivity contribution < 1.29 is 8.42 Å². The summed E-state index contributed by atoms with van der Waals surface area (Å²) in [5.74, 6) is 0. The Labute approximate surface area is 97.8 Å². The van der Waals surface area contributed by atoms with Gasteiger partial charge in [0, 0.05) is 45.3 Å². The predicted molar refractivity (Wildman–Crippen MR) is 63.9 cm³/mol. The lowest BCUT2D eigenvalue weighted by Crippen LogP contribution is -2.63. The monoisotopic (exact) mass is 247 g/mol. The third kappa shape index (κ3) is 2.56. The first-order chi connectivity index (χ1) is 7.49. The van der Waals surface area contributed by atoms with Gasteiger partial charge in [-0.2, -0.15) is 0 Å². The maximum Gasteiger partial charge on any atom is 0.213 e. The van der Waals surface area contributed by atoms with E-state index in [2.05, 4.69) is 14.5 Å². The lowest BCUT2D eigenvalue weighted by molar-refractivity contribution is 0.0158. The van der Waals surface area contributed by atoms with Crippen LogP contribution in [0.4, 0.5) is 0 Å². The number of piperazine rings is 3. The molecule has 94 valence electrons. The molecule has 3 fully saturated rings. The van der Waals surface area contributed by atoms with Crippen molar-refractivity contribution in [1.82, 2.24) is 14.5 Å². The fourth-order valence-corrected chi connectivity index (χ4v) is 3.06. The number of sulfonamides is 1. The molecule has 0 aliphatic carbocycles. The van der Waals surface area contributed by atoms with E-state index >= 15 is 0 Å². The van der Waals surface area contributed by atoms with E-state index in [4.69, 9.17) is 0 Å². The van der Waals surface area contributed by atoms with Gasteiger partial charge in [-0.05, 0) is 13.8 Å². The van der Waals surface area contributed by atoms with Crippen molar-refractivity contribution in [2.75, 3.05) is 39.3 Å². The van der Waals surface area contributed by atoms with E-state index in [1.807, 2.05) is 0 Å². The number of rotatable bonds is 4. The summed E-state index contributed by atoms with van der Waals surface area (Å²) < 4.78 is 26.0. The highest BCUT2D eigenvalue weighted by atomic mass is 32.2. The molecule has 1 atom stereocenters. The normalized spacial score (nSPS) is 34.6. The second-order valence-electron chi connectivity index (χ2n) is 4.93. The number of nitrogens with zero attached hydrogens (tertiary/aromatic N) is 2. The maximum atomic E-state index is 11.6. The number of hydrogen-bond acceptors (Lipinski definition) is 4. The van der Waals surface area contributed by atoms with Crippen molar-refractivity contribution in [1.29, 1.82) is 0 Å². The molecule has 3 aliphatic heterocycles. The Hall–Kier alpha value is -0.170. The van der Waals surface area contributed by atoms with E-state index in [-0.39, 0.29) is 5.25 Å². The van der Waals surface area contributed by atoms with Crippen LogP contribution in [0.1, 0.15) is 13.8 Å². The van der Waals surface area contributed by atoms with Crippen LogP contribution in [0.25, 0.3) is 0 Å². The van der Waals surface area contributed by atoms with E-state index in [0.29, 0.717) is 12.6 Å². The molecule has 1 N–H and O–H groups in total. The molecule has 1 unspecified atom stereocenters. The fraction of sp³-hybridized carbons (Fsp3) is 1.00. The Morgan fingerprint density at radius 2 is 1.88 bits per heavy atom. The molecule has 3 rings (SSSR count). The SMILES string of the molecule is CC(C)S(=O)(=O)NCC1CN2CCN1CC2. The van der Waals surface area contributed by atoms with Gasteiger partial charge in [-0.1, -0.05) is 0 Å². The minimum Gasteiger partial charge on any atom is -0.299 e. The molecule has 0 aromatic carbocycles. The summed E-state index contributed by atoms with van der Waals surface area (Å²) in [5.41, 5.74) is 0. The van der Waals surface area contributed by atoms with Gasteiger partial charge in [0.05, 0.1) is 5.25 Å². The molecule has 3 heterocycles. The average molecular weight is 247 g/mol. The molecule has 5 nitrogen and oxygen atoms in total. The van der Waals surface area contributed by atoms with Gasteiger partial charge in [0.15, 0.2) is 0 Å². The van der Waals surface area contributed by atoms with Crippen LogP contribution in [0, 0.1) is 0 Å². The van der Waals surface area contributed by atoms with Gasteiger partial charge in [0.1, 0.15) is 0 Å². The van der Waals surface area contributed by atoms with Gasteiger partial charge in [0.2, 0.25) is 10.0 Å². The molecule has 2 bridgehead atoms. The summed E-state index contributed by atoms with van der Waals surface area (Å²) in [6.07, 6.45) is 0. The molecule has 3 saturated heterocycles. The first kappa shape index (κ1) is 12.3. The van der Waals surface area contributed by atoms with Crippen LogP contribution >= 0.6 is 0 Å². The second kappa shape index (κ2) is 4.60. The highest BCUT2D eigenvalue weighted by Gasteiger charge is 2.32. The van der Waals surface area contributed by atoms with Crippen LogP contribution in [0.2, 0.25) is 0 Å². The largest absolute Gasteiger partial charge is 0.299 e. The van der Waals surface area contributed by atoms with E-state index in [1.165, 1.54) is 0 Å². The first-order valence-corrected chi connectivity index (χ1v) is 7.48. The molecule has 0 spiro atoms. The van der Waals surface area contributed by atoms with Gasteiger partial charge in [-0.15, -0.1) is 0 Å². The average Bonchev–Trinajstić information content (AvgIpc) is 2.28. The Balaban J connectivity index is 1.87. The first-order valence-electron chi connectivity index (χ1n) is 5.94. The van der Waals surface area contributed by atoms with E-state index in [0.717, 1.165) is 32.7 Å². The number of nitrogens with one attached hydrogen (secondary N) is 1. The molecular weight excluding hydrogens is 226 g/mol. The molecule has 3 aliphatic rings. The molecule has 0 radical (unpaired) electrons. The zero-order chi connectivity index (χ0) is 11.8. The molecule has 0 aromatic heterocycles. The van der Waals surface area contributed by atoms with E-state index in [1.54, 1.807) is 13.8 Å². The highest BCUT2D eigenvalue weighted by Crippen LogP contribution is 2.15. The van der Waals surface area contributed by atoms with Crippen molar-refractivity contribution >= 4 is 10.0 Å². The molecular formula is C10H21N3O2S.